The van der Waals surface area contributed by atoms with Crippen LogP contribution in [-0.2, 0) is 0 Å². The Morgan fingerprint density at radius 1 is 1.15 bits per heavy atom. The first-order valence-electron chi connectivity index (χ1n) is 8.08. The highest BCUT2D eigenvalue weighted by Crippen LogP contribution is 2.32. The van der Waals surface area contributed by atoms with Crippen molar-refractivity contribution in [2.75, 3.05) is 39.3 Å². The highest BCUT2D eigenvalue weighted by atomic mass is 16.5. The first-order valence-corrected chi connectivity index (χ1v) is 8.08. The lowest BCUT2D eigenvalue weighted by Gasteiger charge is -2.28. The summed E-state index contributed by atoms with van der Waals surface area (Å²) in [5, 5.41) is 3.65. The lowest BCUT2D eigenvalue weighted by atomic mass is 9.93. The molecule has 1 aromatic carbocycles. The monoisotopic (exact) mass is 274 g/mol. The Morgan fingerprint density at radius 3 is 2.90 bits per heavy atom. The van der Waals surface area contributed by atoms with Gasteiger partial charge in [0.1, 0.15) is 5.75 Å². The summed E-state index contributed by atoms with van der Waals surface area (Å²) < 4.78 is 5.72. The van der Waals surface area contributed by atoms with Crippen LogP contribution in [0.3, 0.4) is 0 Å². The van der Waals surface area contributed by atoms with Gasteiger partial charge in [0.2, 0.25) is 0 Å². The number of piperidine rings is 1. The lowest BCUT2D eigenvalue weighted by molar-refractivity contribution is 0.226. The molecule has 3 nitrogen and oxygen atoms in total. The number of rotatable bonds is 5. The Balaban J connectivity index is 1.43. The molecule has 0 bridgehead atoms. The zero-order valence-electron chi connectivity index (χ0n) is 12.3. The van der Waals surface area contributed by atoms with E-state index in [9.17, 15) is 0 Å². The van der Waals surface area contributed by atoms with Crippen molar-refractivity contribution in [1.82, 2.24) is 10.2 Å². The number of hydrogen-bond donors (Lipinski definition) is 1. The van der Waals surface area contributed by atoms with Gasteiger partial charge in [0.25, 0.3) is 0 Å². The average molecular weight is 274 g/mol. The topological polar surface area (TPSA) is 24.5 Å². The first-order chi connectivity index (χ1) is 9.93. The molecule has 0 radical (unpaired) electrons. The molecule has 1 atom stereocenters. The van der Waals surface area contributed by atoms with Crippen LogP contribution < -0.4 is 10.1 Å². The van der Waals surface area contributed by atoms with Gasteiger partial charge in [-0.25, -0.2) is 0 Å². The summed E-state index contributed by atoms with van der Waals surface area (Å²) in [7, 11) is 0. The van der Waals surface area contributed by atoms with Gasteiger partial charge in [0.15, 0.2) is 0 Å². The molecule has 3 heteroatoms. The third kappa shape index (κ3) is 3.53. The van der Waals surface area contributed by atoms with Crippen LogP contribution in [0.1, 0.15) is 37.2 Å². The van der Waals surface area contributed by atoms with E-state index in [1.807, 2.05) is 0 Å². The highest BCUT2D eigenvalue weighted by Gasteiger charge is 2.20. The van der Waals surface area contributed by atoms with Gasteiger partial charge in [-0.05, 0) is 44.0 Å². The van der Waals surface area contributed by atoms with Crippen LogP contribution in [0.15, 0.2) is 24.3 Å². The summed E-state index contributed by atoms with van der Waals surface area (Å²) in [6.45, 7) is 6.83. The van der Waals surface area contributed by atoms with Gasteiger partial charge in [-0.2, -0.15) is 0 Å². The van der Waals surface area contributed by atoms with Crippen molar-refractivity contribution < 1.29 is 4.74 Å². The van der Waals surface area contributed by atoms with E-state index in [1.165, 1.54) is 44.5 Å². The fourth-order valence-corrected chi connectivity index (χ4v) is 3.32. The summed E-state index contributed by atoms with van der Waals surface area (Å²) in [6.07, 6.45) is 5.32. The average Bonchev–Trinajstić information content (AvgIpc) is 2.53. The first kappa shape index (κ1) is 13.9. The predicted octanol–water partition coefficient (Wildman–Crippen LogP) is 2.63. The van der Waals surface area contributed by atoms with Gasteiger partial charge < -0.3 is 15.0 Å². The molecule has 0 amide bonds. The molecular formula is C17H26N2O. The maximum atomic E-state index is 5.72. The van der Waals surface area contributed by atoms with Gasteiger partial charge in [0.05, 0.1) is 6.61 Å². The van der Waals surface area contributed by atoms with Crippen LogP contribution in [-0.4, -0.2) is 44.2 Å². The molecule has 2 aliphatic rings. The van der Waals surface area contributed by atoms with E-state index in [0.717, 1.165) is 31.9 Å². The summed E-state index contributed by atoms with van der Waals surface area (Å²) in [6, 6.07) is 8.49. The number of ether oxygens (including phenoxy) is 1. The molecule has 110 valence electrons. The smallest absolute Gasteiger partial charge is 0.122 e. The van der Waals surface area contributed by atoms with E-state index < -0.39 is 0 Å². The van der Waals surface area contributed by atoms with Crippen molar-refractivity contribution in [2.45, 2.75) is 31.6 Å². The molecule has 0 aliphatic carbocycles. The van der Waals surface area contributed by atoms with E-state index in [4.69, 9.17) is 4.74 Å². The molecule has 1 N–H and O–H groups in total. The molecule has 2 heterocycles. The Labute approximate surface area is 122 Å². The van der Waals surface area contributed by atoms with Crippen molar-refractivity contribution in [3.8, 4) is 5.75 Å². The van der Waals surface area contributed by atoms with Gasteiger partial charge in [-0.15, -0.1) is 0 Å². The van der Waals surface area contributed by atoms with E-state index in [0.29, 0.717) is 5.92 Å². The van der Waals surface area contributed by atoms with Gasteiger partial charge >= 0.3 is 0 Å². The number of fused-ring (bicyclic) bond motifs is 1. The molecule has 3 rings (SSSR count). The summed E-state index contributed by atoms with van der Waals surface area (Å²) in [5.41, 5.74) is 1.38. The molecule has 1 unspecified atom stereocenters. The Hall–Kier alpha value is -1.06. The van der Waals surface area contributed by atoms with Crippen molar-refractivity contribution in [1.29, 1.82) is 0 Å². The van der Waals surface area contributed by atoms with E-state index >= 15 is 0 Å². The number of para-hydroxylation sites is 1. The van der Waals surface area contributed by atoms with Crippen LogP contribution in [0.5, 0.6) is 5.75 Å². The zero-order chi connectivity index (χ0) is 13.6. The van der Waals surface area contributed by atoms with Gasteiger partial charge in [0, 0.05) is 25.6 Å². The summed E-state index contributed by atoms with van der Waals surface area (Å²) >= 11 is 0. The highest BCUT2D eigenvalue weighted by molar-refractivity contribution is 5.37. The van der Waals surface area contributed by atoms with Gasteiger partial charge in [-0.1, -0.05) is 24.6 Å². The SMILES string of the molecule is c1ccc2c(c1)OCCC2CNCCN1CCCCC1. The lowest BCUT2D eigenvalue weighted by Crippen LogP contribution is -2.37. The summed E-state index contributed by atoms with van der Waals surface area (Å²) in [5.74, 6) is 1.70. The van der Waals surface area contributed by atoms with E-state index in [2.05, 4.69) is 34.5 Å². The number of hydrogen-bond acceptors (Lipinski definition) is 3. The normalized spacial score (nSPS) is 23.1. The standard InChI is InChI=1S/C17H26N2O/c1-4-10-19(11-5-1)12-9-18-14-15-8-13-20-17-7-3-2-6-16(15)17/h2-3,6-7,15,18H,1,4-5,8-14H2. The minimum Gasteiger partial charge on any atom is -0.493 e. The maximum Gasteiger partial charge on any atom is 0.122 e. The second kappa shape index (κ2) is 7.09. The third-order valence-corrected chi connectivity index (χ3v) is 4.53. The van der Waals surface area contributed by atoms with Crippen molar-refractivity contribution >= 4 is 0 Å². The number of likely N-dealkylation sites (tertiary alicyclic amines) is 1. The van der Waals surface area contributed by atoms with Crippen LogP contribution >= 0.6 is 0 Å². The van der Waals surface area contributed by atoms with Crippen molar-refractivity contribution in [2.24, 2.45) is 0 Å². The molecule has 1 fully saturated rings. The minimum atomic E-state index is 0.612. The number of nitrogens with one attached hydrogen (secondary N) is 1. The second-order valence-electron chi connectivity index (χ2n) is 5.98. The van der Waals surface area contributed by atoms with Crippen molar-refractivity contribution in [3.63, 3.8) is 0 Å². The molecule has 1 saturated heterocycles. The Morgan fingerprint density at radius 2 is 2.00 bits per heavy atom. The zero-order valence-corrected chi connectivity index (χ0v) is 12.3. The van der Waals surface area contributed by atoms with Crippen LogP contribution in [0.4, 0.5) is 0 Å². The molecule has 0 spiro atoms. The fraction of sp³-hybridized carbons (Fsp3) is 0.647. The summed E-state index contributed by atoms with van der Waals surface area (Å²) in [4.78, 5) is 2.59. The molecular weight excluding hydrogens is 248 g/mol. The van der Waals surface area contributed by atoms with Gasteiger partial charge in [-0.3, -0.25) is 0 Å². The number of nitrogens with zero attached hydrogens (tertiary/aromatic N) is 1. The molecule has 0 saturated carbocycles. The largest absolute Gasteiger partial charge is 0.493 e. The Kier molecular flexibility index (Phi) is 4.93. The third-order valence-electron chi connectivity index (χ3n) is 4.53. The predicted molar refractivity (Wildman–Crippen MR) is 82.5 cm³/mol. The van der Waals surface area contributed by atoms with Crippen LogP contribution in [0.2, 0.25) is 0 Å². The fourth-order valence-electron chi connectivity index (χ4n) is 3.32. The van der Waals surface area contributed by atoms with Crippen LogP contribution in [0.25, 0.3) is 0 Å². The second-order valence-corrected chi connectivity index (χ2v) is 5.98. The number of benzene rings is 1. The maximum absolute atomic E-state index is 5.72. The molecule has 20 heavy (non-hydrogen) atoms. The molecule has 0 aromatic heterocycles. The molecule has 2 aliphatic heterocycles. The molecule has 1 aromatic rings. The minimum absolute atomic E-state index is 0.612. The van der Waals surface area contributed by atoms with Crippen molar-refractivity contribution in [3.05, 3.63) is 29.8 Å². The van der Waals surface area contributed by atoms with E-state index in [-0.39, 0.29) is 0 Å². The quantitative estimate of drug-likeness (QED) is 0.835. The Bertz CT molecular complexity index is 415. The van der Waals surface area contributed by atoms with E-state index in [1.54, 1.807) is 0 Å². The van der Waals surface area contributed by atoms with Crippen LogP contribution in [0, 0.1) is 0 Å².